The lowest BCUT2D eigenvalue weighted by molar-refractivity contribution is 0.235. The largest absolute Gasteiger partial charge is 0.490 e. The molecular formula is C23H39O3. The van der Waals surface area contributed by atoms with Gasteiger partial charge in [-0.1, -0.05) is 59.3 Å². The molecule has 0 aromatic heterocycles. The highest BCUT2D eigenvalue weighted by molar-refractivity contribution is 5.54. The first-order chi connectivity index (χ1) is 12.8. The van der Waals surface area contributed by atoms with Crippen LogP contribution in [0.15, 0.2) is 12.1 Å². The fourth-order valence-corrected chi connectivity index (χ4v) is 2.73. The Morgan fingerprint density at radius 1 is 0.654 bits per heavy atom. The fourth-order valence-electron chi connectivity index (χ4n) is 2.73. The molecule has 0 aliphatic carbocycles. The Balaban J connectivity index is 2.88. The van der Waals surface area contributed by atoms with Crippen molar-refractivity contribution in [1.82, 2.24) is 0 Å². The van der Waals surface area contributed by atoms with Crippen molar-refractivity contribution in [3.63, 3.8) is 0 Å². The summed E-state index contributed by atoms with van der Waals surface area (Å²) in [5.74, 6) is 2.39. The van der Waals surface area contributed by atoms with Gasteiger partial charge in [-0.15, -0.1) is 0 Å². The van der Waals surface area contributed by atoms with Crippen LogP contribution in [0.1, 0.15) is 84.1 Å². The molecule has 1 radical (unpaired) electrons. The minimum absolute atomic E-state index is 0.703. The average Bonchev–Trinajstić information content (AvgIpc) is 2.66. The minimum Gasteiger partial charge on any atom is -0.490 e. The maximum absolute atomic E-state index is 6.11. The summed E-state index contributed by atoms with van der Waals surface area (Å²) in [6.45, 7) is 12.8. The third-order valence-electron chi connectivity index (χ3n) is 4.37. The molecule has 3 nitrogen and oxygen atoms in total. The van der Waals surface area contributed by atoms with Gasteiger partial charge < -0.3 is 14.2 Å². The zero-order chi connectivity index (χ0) is 19.0. The zero-order valence-electron chi connectivity index (χ0n) is 17.3. The molecule has 0 heterocycles. The van der Waals surface area contributed by atoms with Gasteiger partial charge >= 0.3 is 0 Å². The molecule has 0 atom stereocenters. The summed E-state index contributed by atoms with van der Waals surface area (Å²) in [4.78, 5) is 0. The highest BCUT2D eigenvalue weighted by Crippen LogP contribution is 2.39. The van der Waals surface area contributed by atoms with E-state index in [1.165, 1.54) is 38.5 Å². The van der Waals surface area contributed by atoms with Crippen molar-refractivity contribution in [3.05, 3.63) is 24.6 Å². The first kappa shape index (κ1) is 22.7. The van der Waals surface area contributed by atoms with Crippen molar-refractivity contribution in [2.45, 2.75) is 85.0 Å². The summed E-state index contributed by atoms with van der Waals surface area (Å²) in [6.07, 6.45) is 11.0. The summed E-state index contributed by atoms with van der Waals surface area (Å²) in [7, 11) is 0. The van der Waals surface area contributed by atoms with Gasteiger partial charge in [0, 0.05) is 0 Å². The molecule has 0 unspecified atom stereocenters. The van der Waals surface area contributed by atoms with Crippen LogP contribution in [0, 0.1) is 6.92 Å². The number of hydrogen-bond acceptors (Lipinski definition) is 3. The minimum atomic E-state index is 0.703. The number of ether oxygens (including phenoxy) is 3. The summed E-state index contributed by atoms with van der Waals surface area (Å²) in [6, 6.07) is 4.13. The zero-order valence-corrected chi connectivity index (χ0v) is 17.3. The van der Waals surface area contributed by atoms with Crippen LogP contribution in [-0.4, -0.2) is 19.8 Å². The molecule has 0 spiro atoms. The molecule has 149 valence electrons. The van der Waals surface area contributed by atoms with E-state index in [1.807, 2.05) is 0 Å². The van der Waals surface area contributed by atoms with Gasteiger partial charge in [0.15, 0.2) is 11.5 Å². The monoisotopic (exact) mass is 363 g/mol. The van der Waals surface area contributed by atoms with Crippen LogP contribution < -0.4 is 14.2 Å². The van der Waals surface area contributed by atoms with E-state index in [2.05, 4.69) is 39.8 Å². The highest BCUT2D eigenvalue weighted by atomic mass is 16.5. The van der Waals surface area contributed by atoms with Gasteiger partial charge in [-0.2, -0.15) is 0 Å². The van der Waals surface area contributed by atoms with Crippen LogP contribution in [-0.2, 0) is 6.42 Å². The second-order valence-electron chi connectivity index (χ2n) is 6.84. The van der Waals surface area contributed by atoms with Crippen molar-refractivity contribution >= 4 is 0 Å². The molecule has 0 aliphatic heterocycles. The lowest BCUT2D eigenvalue weighted by Gasteiger charge is -2.18. The van der Waals surface area contributed by atoms with Crippen molar-refractivity contribution in [2.75, 3.05) is 19.8 Å². The van der Waals surface area contributed by atoms with E-state index in [1.54, 1.807) is 0 Å². The predicted molar refractivity (Wildman–Crippen MR) is 111 cm³/mol. The van der Waals surface area contributed by atoms with Crippen LogP contribution in [0.4, 0.5) is 0 Å². The summed E-state index contributed by atoms with van der Waals surface area (Å²) in [5.41, 5.74) is 1.13. The van der Waals surface area contributed by atoms with Crippen molar-refractivity contribution in [1.29, 1.82) is 0 Å². The van der Waals surface area contributed by atoms with Gasteiger partial charge in [-0.25, -0.2) is 0 Å². The van der Waals surface area contributed by atoms with Crippen LogP contribution in [0.2, 0.25) is 0 Å². The topological polar surface area (TPSA) is 27.7 Å². The van der Waals surface area contributed by atoms with Crippen molar-refractivity contribution in [3.8, 4) is 17.2 Å². The summed E-state index contributed by atoms with van der Waals surface area (Å²) < 4.78 is 18.3. The Morgan fingerprint density at radius 2 is 1.08 bits per heavy atom. The van der Waals surface area contributed by atoms with Crippen molar-refractivity contribution in [2.24, 2.45) is 0 Å². The first-order valence-electron chi connectivity index (χ1n) is 10.6. The van der Waals surface area contributed by atoms with Gasteiger partial charge in [0.1, 0.15) is 0 Å². The summed E-state index contributed by atoms with van der Waals surface area (Å²) in [5, 5.41) is 0. The van der Waals surface area contributed by atoms with Crippen molar-refractivity contribution < 1.29 is 14.2 Å². The van der Waals surface area contributed by atoms with Crippen LogP contribution >= 0.6 is 0 Å². The Hall–Kier alpha value is -1.38. The van der Waals surface area contributed by atoms with Gasteiger partial charge in [0.25, 0.3) is 0 Å². The van der Waals surface area contributed by atoms with Crippen LogP contribution in [0.3, 0.4) is 0 Å². The fraction of sp³-hybridized carbons (Fsp3) is 0.696. The number of benzene rings is 1. The average molecular weight is 364 g/mol. The molecular weight excluding hydrogens is 324 g/mol. The maximum atomic E-state index is 6.11. The molecule has 26 heavy (non-hydrogen) atoms. The Morgan fingerprint density at radius 3 is 1.46 bits per heavy atom. The molecule has 0 N–H and O–H groups in total. The summed E-state index contributed by atoms with van der Waals surface area (Å²) >= 11 is 0. The van der Waals surface area contributed by atoms with E-state index in [0.717, 1.165) is 55.3 Å². The van der Waals surface area contributed by atoms with Gasteiger partial charge in [-0.05, 0) is 50.3 Å². The first-order valence-corrected chi connectivity index (χ1v) is 10.6. The van der Waals surface area contributed by atoms with E-state index in [9.17, 15) is 0 Å². The SMILES string of the molecule is [CH2]Cc1cc(OCCCCC)c(OCCCCC)c(OCCCCC)c1. The third kappa shape index (κ3) is 8.82. The predicted octanol–water partition coefficient (Wildman–Crippen LogP) is 6.77. The molecule has 3 heteroatoms. The van der Waals surface area contributed by atoms with E-state index in [4.69, 9.17) is 14.2 Å². The molecule has 0 bridgehead atoms. The number of hydrogen-bond donors (Lipinski definition) is 0. The van der Waals surface area contributed by atoms with Gasteiger partial charge in [0.2, 0.25) is 5.75 Å². The molecule has 1 aromatic carbocycles. The molecule has 0 aliphatic rings. The smallest absolute Gasteiger partial charge is 0.203 e. The van der Waals surface area contributed by atoms with Gasteiger partial charge in [0.05, 0.1) is 19.8 Å². The number of unbranched alkanes of at least 4 members (excludes halogenated alkanes) is 6. The van der Waals surface area contributed by atoms with E-state index < -0.39 is 0 Å². The van der Waals surface area contributed by atoms with E-state index in [-0.39, 0.29) is 0 Å². The second kappa shape index (κ2) is 14.8. The maximum Gasteiger partial charge on any atom is 0.203 e. The second-order valence-corrected chi connectivity index (χ2v) is 6.84. The van der Waals surface area contributed by atoms with Crippen LogP contribution in [0.25, 0.3) is 0 Å². The standard InChI is InChI=1S/C23H39O3/c1-5-9-12-15-24-21-18-20(8-4)19-22(25-16-13-10-6-2)23(21)26-17-14-11-7-3/h18-19H,4-17H2,1-3H3. The number of rotatable bonds is 16. The Labute approximate surface area is 161 Å². The van der Waals surface area contributed by atoms with E-state index >= 15 is 0 Å². The third-order valence-corrected chi connectivity index (χ3v) is 4.37. The molecule has 1 rings (SSSR count). The lowest BCUT2D eigenvalue weighted by atomic mass is 10.1. The van der Waals surface area contributed by atoms with E-state index in [0.29, 0.717) is 13.0 Å². The molecule has 0 fully saturated rings. The molecule has 1 aromatic rings. The molecule has 0 saturated heterocycles. The molecule has 0 saturated carbocycles. The normalized spacial score (nSPS) is 10.8. The Kier molecular flexibility index (Phi) is 12.9. The quantitative estimate of drug-likeness (QED) is 0.303. The molecule has 0 amide bonds. The Bertz CT molecular complexity index is 438. The van der Waals surface area contributed by atoms with Crippen LogP contribution in [0.5, 0.6) is 17.2 Å². The lowest BCUT2D eigenvalue weighted by Crippen LogP contribution is -2.07. The van der Waals surface area contributed by atoms with Gasteiger partial charge in [-0.3, -0.25) is 0 Å². The highest BCUT2D eigenvalue weighted by Gasteiger charge is 2.15.